The fraction of sp³-hybridized carbons (Fsp3) is 0.333. The van der Waals surface area contributed by atoms with Gasteiger partial charge in [-0.05, 0) is 153 Å². The Morgan fingerprint density at radius 1 is 0.600 bits per heavy atom. The predicted molar refractivity (Wildman–Crippen MR) is 221 cm³/mol. The Morgan fingerprint density at radius 3 is 1.76 bits per heavy atom. The van der Waals surface area contributed by atoms with Crippen LogP contribution in [-0.4, -0.2) is 38.9 Å². The third-order valence-corrected chi connectivity index (χ3v) is 10.2. The molecule has 0 aliphatic carbocycles. The Labute approximate surface area is 324 Å². The monoisotopic (exact) mass is 752 g/mol. The minimum Gasteiger partial charge on any atom is -0.299 e. The summed E-state index contributed by atoms with van der Waals surface area (Å²) in [7, 11) is 0. The first-order chi connectivity index (χ1) is 22.2. The van der Waals surface area contributed by atoms with Crippen molar-refractivity contribution in [1.29, 1.82) is 0 Å². The van der Waals surface area contributed by atoms with Crippen LogP contribution in [0.3, 0.4) is 0 Å². The van der Waals surface area contributed by atoms with Crippen molar-refractivity contribution < 1.29 is 0 Å². The van der Waals surface area contributed by atoms with Gasteiger partial charge in [-0.25, -0.2) is 0 Å². The molecular formula is C42H52Cl4N4. The summed E-state index contributed by atoms with van der Waals surface area (Å²) in [5.74, 6) is 0. The lowest BCUT2D eigenvalue weighted by molar-refractivity contribution is 0.0932. The van der Waals surface area contributed by atoms with Gasteiger partial charge >= 0.3 is 0 Å². The van der Waals surface area contributed by atoms with E-state index in [-0.39, 0.29) is 49.6 Å². The van der Waals surface area contributed by atoms with E-state index in [4.69, 9.17) is 9.97 Å². The summed E-state index contributed by atoms with van der Waals surface area (Å²) >= 11 is 0. The minimum atomic E-state index is 0. The topological polar surface area (TPSA) is 32.3 Å². The molecule has 0 bridgehead atoms. The van der Waals surface area contributed by atoms with Crippen LogP contribution in [0.15, 0.2) is 91.4 Å². The number of piperidine rings is 1. The Kier molecular flexibility index (Phi) is 16.9. The highest BCUT2D eigenvalue weighted by molar-refractivity contribution is 5.86. The minimum absolute atomic E-state index is 0. The molecule has 0 saturated carbocycles. The molecule has 1 aliphatic rings. The lowest BCUT2D eigenvalue weighted by Crippen LogP contribution is -2.44. The Hall–Kier alpha value is -2.96. The van der Waals surface area contributed by atoms with Crippen LogP contribution in [-0.2, 0) is 19.6 Å². The number of benzene rings is 3. The standard InChI is InChI=1S/C42H48N4.4ClH/c1-29-18-38(19-30(2)33(29)5)40-22-37(24-43-25-40)28-46(27-35-10-8-7-9-11-35)41-13-16-45(17-14-41)26-36-12-15-44-42(23-36)39-20-31(3)34(6)32(4)21-39;;;;/h7-12,15,18-25,41H,13-14,16-17,26-28H2,1-6H3;4*1H. The second-order valence-electron chi connectivity index (χ2n) is 13.5. The summed E-state index contributed by atoms with van der Waals surface area (Å²) in [6, 6.07) is 27.4. The van der Waals surface area contributed by atoms with Gasteiger partial charge in [-0.3, -0.25) is 19.8 Å². The molecule has 0 radical (unpaired) electrons. The number of rotatable bonds is 9. The molecule has 4 nitrogen and oxygen atoms in total. The van der Waals surface area contributed by atoms with Crippen LogP contribution in [0, 0.1) is 41.5 Å². The second kappa shape index (κ2) is 19.6. The first kappa shape index (κ1) is 43.2. The van der Waals surface area contributed by atoms with Crippen molar-refractivity contribution in [2.45, 2.75) is 80.1 Å². The molecule has 3 aromatic carbocycles. The number of hydrogen-bond donors (Lipinski definition) is 0. The van der Waals surface area contributed by atoms with E-state index in [1.54, 1.807) is 0 Å². The van der Waals surface area contributed by atoms with Crippen LogP contribution in [0.1, 0.15) is 62.9 Å². The van der Waals surface area contributed by atoms with Crippen molar-refractivity contribution in [3.8, 4) is 22.4 Å². The van der Waals surface area contributed by atoms with Gasteiger partial charge in [-0.2, -0.15) is 0 Å². The normalized spacial score (nSPS) is 13.1. The lowest BCUT2D eigenvalue weighted by Gasteiger charge is -2.39. The molecule has 1 aliphatic heterocycles. The van der Waals surface area contributed by atoms with E-state index in [1.807, 2.05) is 12.4 Å². The van der Waals surface area contributed by atoms with E-state index in [2.05, 4.69) is 130 Å². The Balaban J connectivity index is 0.00000217. The third kappa shape index (κ3) is 10.5. The number of pyridine rings is 2. The molecule has 5 aromatic rings. The molecule has 1 saturated heterocycles. The van der Waals surface area contributed by atoms with Gasteiger partial charge in [0.2, 0.25) is 0 Å². The SMILES string of the molecule is Cc1cc(-c2cncc(CN(Cc3ccccc3)C3CCN(Cc4ccnc(-c5cc(C)c(C)c(C)c5)c4)CC3)c2)cc(C)c1C.Cl.Cl.Cl.Cl. The first-order valence-corrected chi connectivity index (χ1v) is 16.8. The van der Waals surface area contributed by atoms with Gasteiger partial charge in [-0.15, -0.1) is 49.6 Å². The average molecular weight is 755 g/mol. The molecule has 3 heterocycles. The van der Waals surface area contributed by atoms with Gasteiger partial charge in [0.05, 0.1) is 5.69 Å². The number of aromatic nitrogens is 2. The average Bonchev–Trinajstić information content (AvgIpc) is 3.06. The number of hydrogen-bond acceptors (Lipinski definition) is 4. The fourth-order valence-corrected chi connectivity index (χ4v) is 6.92. The summed E-state index contributed by atoms with van der Waals surface area (Å²) in [5, 5.41) is 0. The van der Waals surface area contributed by atoms with Gasteiger partial charge < -0.3 is 0 Å². The van der Waals surface area contributed by atoms with Crippen LogP contribution in [0.5, 0.6) is 0 Å². The van der Waals surface area contributed by atoms with Crippen LogP contribution in [0.2, 0.25) is 0 Å². The zero-order valence-electron chi connectivity index (χ0n) is 30.1. The van der Waals surface area contributed by atoms with Crippen molar-refractivity contribution in [3.63, 3.8) is 0 Å². The van der Waals surface area contributed by atoms with E-state index < -0.39 is 0 Å². The highest BCUT2D eigenvalue weighted by Crippen LogP contribution is 2.28. The largest absolute Gasteiger partial charge is 0.299 e. The number of likely N-dealkylation sites (tertiary alicyclic amines) is 1. The number of halogens is 4. The molecule has 0 unspecified atom stereocenters. The molecule has 0 N–H and O–H groups in total. The fourth-order valence-electron chi connectivity index (χ4n) is 6.92. The zero-order valence-corrected chi connectivity index (χ0v) is 33.4. The highest BCUT2D eigenvalue weighted by Gasteiger charge is 2.25. The number of aryl methyl sites for hydroxylation is 4. The molecule has 268 valence electrons. The maximum absolute atomic E-state index is 4.74. The molecular weight excluding hydrogens is 702 g/mol. The summed E-state index contributed by atoms with van der Waals surface area (Å²) in [5.41, 5.74) is 16.8. The molecule has 0 amide bonds. The summed E-state index contributed by atoms with van der Waals surface area (Å²) in [6.45, 7) is 18.2. The van der Waals surface area contributed by atoms with Crippen molar-refractivity contribution >= 4 is 49.6 Å². The molecule has 0 spiro atoms. The number of nitrogens with zero attached hydrogens (tertiary/aromatic N) is 4. The summed E-state index contributed by atoms with van der Waals surface area (Å²) in [6.07, 6.45) is 8.36. The summed E-state index contributed by atoms with van der Waals surface area (Å²) < 4.78 is 0. The first-order valence-electron chi connectivity index (χ1n) is 16.8. The van der Waals surface area contributed by atoms with Gasteiger partial charge in [0, 0.05) is 55.4 Å². The van der Waals surface area contributed by atoms with E-state index in [1.165, 1.54) is 66.8 Å². The third-order valence-electron chi connectivity index (χ3n) is 10.2. The van der Waals surface area contributed by atoms with Crippen molar-refractivity contribution in [1.82, 2.24) is 19.8 Å². The van der Waals surface area contributed by atoms with Crippen LogP contribution in [0.25, 0.3) is 22.4 Å². The second-order valence-corrected chi connectivity index (χ2v) is 13.5. The van der Waals surface area contributed by atoms with Gasteiger partial charge in [-0.1, -0.05) is 42.5 Å². The molecule has 1 fully saturated rings. The Bertz CT molecular complexity index is 1770. The van der Waals surface area contributed by atoms with Gasteiger partial charge in [0.1, 0.15) is 0 Å². The van der Waals surface area contributed by atoms with Crippen LogP contribution >= 0.6 is 49.6 Å². The van der Waals surface area contributed by atoms with Crippen molar-refractivity contribution in [2.75, 3.05) is 13.1 Å². The molecule has 8 heteroatoms. The predicted octanol–water partition coefficient (Wildman–Crippen LogP) is 11.0. The highest BCUT2D eigenvalue weighted by atomic mass is 35.5. The van der Waals surface area contributed by atoms with Crippen molar-refractivity contribution in [3.05, 3.63) is 141 Å². The molecule has 50 heavy (non-hydrogen) atoms. The zero-order chi connectivity index (χ0) is 32.2. The molecule has 6 rings (SSSR count). The maximum Gasteiger partial charge on any atom is 0.0705 e. The van der Waals surface area contributed by atoms with E-state index in [9.17, 15) is 0 Å². The van der Waals surface area contributed by atoms with Gasteiger partial charge in [0.25, 0.3) is 0 Å². The lowest BCUT2D eigenvalue weighted by atomic mass is 9.96. The smallest absolute Gasteiger partial charge is 0.0705 e. The summed E-state index contributed by atoms with van der Waals surface area (Å²) in [4.78, 5) is 14.8. The Morgan fingerprint density at radius 2 is 1.16 bits per heavy atom. The van der Waals surface area contributed by atoms with Crippen molar-refractivity contribution in [2.24, 2.45) is 0 Å². The molecule has 2 aromatic heterocycles. The van der Waals surface area contributed by atoms with Crippen LogP contribution in [0.4, 0.5) is 0 Å². The molecule has 0 atom stereocenters. The van der Waals surface area contributed by atoms with E-state index in [0.717, 1.165) is 51.3 Å². The van der Waals surface area contributed by atoms with Gasteiger partial charge in [0.15, 0.2) is 0 Å². The van der Waals surface area contributed by atoms with Crippen LogP contribution < -0.4 is 0 Å². The van der Waals surface area contributed by atoms with E-state index >= 15 is 0 Å². The van der Waals surface area contributed by atoms with E-state index in [0.29, 0.717) is 6.04 Å². The quantitative estimate of drug-likeness (QED) is 0.150. The maximum atomic E-state index is 4.74.